The van der Waals surface area contributed by atoms with Crippen molar-refractivity contribution in [1.82, 2.24) is 10.2 Å². The number of nitrogens with one attached hydrogen (secondary N) is 1. The minimum absolute atomic E-state index is 0.0130. The molecule has 1 aliphatic heterocycles. The average molecular weight is 294 g/mol. The molecule has 1 spiro atoms. The Morgan fingerprint density at radius 2 is 1.86 bits per heavy atom. The second-order valence-electron chi connectivity index (χ2n) is 7.09. The monoisotopic (exact) mass is 294 g/mol. The molecule has 0 aromatic carbocycles. The fourth-order valence-electron chi connectivity index (χ4n) is 3.92. The number of rotatable bonds is 5. The summed E-state index contributed by atoms with van der Waals surface area (Å²) < 4.78 is 5.18. The molecule has 5 heteroatoms. The first-order valence-corrected chi connectivity index (χ1v) is 8.19. The largest absolute Gasteiger partial charge is 0.385 e. The lowest BCUT2D eigenvalue weighted by molar-refractivity contribution is -0.152. The highest BCUT2D eigenvalue weighted by atomic mass is 16.5. The number of ether oxygens (including phenoxy) is 1. The van der Waals surface area contributed by atoms with E-state index < -0.39 is 5.54 Å². The standard InChI is InChI=1S/C16H26N2O3/c1-21-10-9-15(7-8-15)12-18-11-13(19)17-16(14(18)20)5-3-2-4-6-16/h2-12H2,1H3,(H,17,19). The number of methoxy groups -OCH3 is 1. The molecule has 2 amide bonds. The van der Waals surface area contributed by atoms with E-state index in [2.05, 4.69) is 5.32 Å². The molecule has 0 aromatic heterocycles. The molecule has 2 saturated carbocycles. The van der Waals surface area contributed by atoms with Crippen LogP contribution in [0.15, 0.2) is 0 Å². The van der Waals surface area contributed by atoms with Gasteiger partial charge in [-0.25, -0.2) is 0 Å². The predicted octanol–water partition coefficient (Wildman–Crippen LogP) is 1.46. The number of hydrogen-bond donors (Lipinski definition) is 1. The highest BCUT2D eigenvalue weighted by molar-refractivity contribution is 5.98. The van der Waals surface area contributed by atoms with E-state index >= 15 is 0 Å². The average Bonchev–Trinajstić information content (AvgIpc) is 3.23. The first-order valence-electron chi connectivity index (χ1n) is 8.19. The SMILES string of the molecule is COCCC1(CN2CC(=O)NC3(CCCCC3)C2=O)CC1. The summed E-state index contributed by atoms with van der Waals surface area (Å²) in [4.78, 5) is 26.8. The van der Waals surface area contributed by atoms with Gasteiger partial charge in [0.15, 0.2) is 0 Å². The number of piperazine rings is 1. The second kappa shape index (κ2) is 5.59. The van der Waals surface area contributed by atoms with Crippen molar-refractivity contribution in [3.05, 3.63) is 0 Å². The highest BCUT2D eigenvalue weighted by Crippen LogP contribution is 2.50. The quantitative estimate of drug-likeness (QED) is 0.835. The molecule has 21 heavy (non-hydrogen) atoms. The molecule has 3 rings (SSSR count). The number of amides is 2. The lowest BCUT2D eigenvalue weighted by Gasteiger charge is -2.45. The smallest absolute Gasteiger partial charge is 0.248 e. The van der Waals surface area contributed by atoms with Crippen LogP contribution in [0.2, 0.25) is 0 Å². The van der Waals surface area contributed by atoms with Gasteiger partial charge in [0.1, 0.15) is 5.54 Å². The molecule has 118 valence electrons. The summed E-state index contributed by atoms with van der Waals surface area (Å²) in [6.45, 7) is 1.69. The number of hydrogen-bond acceptors (Lipinski definition) is 3. The van der Waals surface area contributed by atoms with E-state index in [0.717, 1.165) is 58.1 Å². The van der Waals surface area contributed by atoms with Gasteiger partial charge in [0, 0.05) is 20.3 Å². The van der Waals surface area contributed by atoms with Crippen LogP contribution < -0.4 is 5.32 Å². The third kappa shape index (κ3) is 2.93. The van der Waals surface area contributed by atoms with Crippen LogP contribution in [-0.4, -0.2) is 49.1 Å². The topological polar surface area (TPSA) is 58.6 Å². The van der Waals surface area contributed by atoms with Crippen molar-refractivity contribution in [2.24, 2.45) is 5.41 Å². The molecular formula is C16H26N2O3. The van der Waals surface area contributed by atoms with Gasteiger partial charge in [0.25, 0.3) is 0 Å². The normalized spacial score (nSPS) is 26.8. The van der Waals surface area contributed by atoms with Gasteiger partial charge < -0.3 is 15.0 Å². The molecule has 5 nitrogen and oxygen atoms in total. The van der Waals surface area contributed by atoms with Gasteiger partial charge in [-0.1, -0.05) is 19.3 Å². The van der Waals surface area contributed by atoms with Gasteiger partial charge in [-0.15, -0.1) is 0 Å². The molecule has 1 N–H and O–H groups in total. The maximum absolute atomic E-state index is 12.9. The third-order valence-corrected chi connectivity index (χ3v) is 5.44. The highest BCUT2D eigenvalue weighted by Gasteiger charge is 2.51. The van der Waals surface area contributed by atoms with Crippen LogP contribution in [0.1, 0.15) is 51.4 Å². The van der Waals surface area contributed by atoms with Gasteiger partial charge in [-0.3, -0.25) is 9.59 Å². The molecule has 0 atom stereocenters. The van der Waals surface area contributed by atoms with Crippen LogP contribution in [0.3, 0.4) is 0 Å². The maximum atomic E-state index is 12.9. The van der Waals surface area contributed by atoms with Crippen molar-refractivity contribution in [1.29, 1.82) is 0 Å². The van der Waals surface area contributed by atoms with E-state index in [1.54, 1.807) is 7.11 Å². The number of carbonyl (C=O) groups excluding carboxylic acids is 2. The van der Waals surface area contributed by atoms with Gasteiger partial charge in [0.05, 0.1) is 6.54 Å². The summed E-state index contributed by atoms with van der Waals surface area (Å²) >= 11 is 0. The maximum Gasteiger partial charge on any atom is 0.248 e. The van der Waals surface area contributed by atoms with Crippen molar-refractivity contribution in [3.8, 4) is 0 Å². The molecule has 0 aromatic rings. The van der Waals surface area contributed by atoms with Crippen LogP contribution in [-0.2, 0) is 14.3 Å². The van der Waals surface area contributed by atoms with Gasteiger partial charge in [-0.2, -0.15) is 0 Å². The van der Waals surface area contributed by atoms with E-state index in [1.807, 2.05) is 4.90 Å². The van der Waals surface area contributed by atoms with E-state index in [1.165, 1.54) is 6.42 Å². The summed E-state index contributed by atoms with van der Waals surface area (Å²) in [5.41, 5.74) is -0.385. The van der Waals surface area contributed by atoms with Crippen LogP contribution in [0, 0.1) is 5.41 Å². The summed E-state index contributed by atoms with van der Waals surface area (Å²) in [5.74, 6) is 0.171. The van der Waals surface area contributed by atoms with Crippen LogP contribution in [0.4, 0.5) is 0 Å². The van der Waals surface area contributed by atoms with E-state index in [-0.39, 0.29) is 23.8 Å². The summed E-state index contributed by atoms with van der Waals surface area (Å²) in [7, 11) is 1.71. The van der Waals surface area contributed by atoms with Crippen molar-refractivity contribution < 1.29 is 14.3 Å². The zero-order valence-corrected chi connectivity index (χ0v) is 13.0. The molecule has 0 bridgehead atoms. The Balaban J connectivity index is 1.70. The van der Waals surface area contributed by atoms with Crippen molar-refractivity contribution in [2.75, 3.05) is 26.8 Å². The first kappa shape index (κ1) is 14.8. The van der Waals surface area contributed by atoms with Crippen molar-refractivity contribution in [3.63, 3.8) is 0 Å². The molecule has 0 radical (unpaired) electrons. The molecule has 3 fully saturated rings. The van der Waals surface area contributed by atoms with Crippen LogP contribution >= 0.6 is 0 Å². The van der Waals surface area contributed by atoms with Crippen LogP contribution in [0.25, 0.3) is 0 Å². The molecule has 1 heterocycles. The molecule has 0 unspecified atom stereocenters. The fourth-order valence-corrected chi connectivity index (χ4v) is 3.92. The second-order valence-corrected chi connectivity index (χ2v) is 7.09. The molecule has 3 aliphatic rings. The van der Waals surface area contributed by atoms with Crippen LogP contribution in [0.5, 0.6) is 0 Å². The van der Waals surface area contributed by atoms with Gasteiger partial charge >= 0.3 is 0 Å². The zero-order valence-electron chi connectivity index (χ0n) is 13.0. The number of nitrogens with zero attached hydrogens (tertiary/aromatic N) is 1. The summed E-state index contributed by atoms with van der Waals surface area (Å²) in [5, 5.41) is 3.01. The van der Waals surface area contributed by atoms with E-state index in [4.69, 9.17) is 4.74 Å². The minimum atomic E-state index is -0.592. The predicted molar refractivity (Wildman–Crippen MR) is 78.7 cm³/mol. The lowest BCUT2D eigenvalue weighted by atomic mass is 9.79. The first-order chi connectivity index (χ1) is 10.1. The Kier molecular flexibility index (Phi) is 3.95. The Hall–Kier alpha value is -1.10. The third-order valence-electron chi connectivity index (χ3n) is 5.44. The molecule has 2 aliphatic carbocycles. The Bertz CT molecular complexity index is 425. The van der Waals surface area contributed by atoms with E-state index in [0.29, 0.717) is 0 Å². The zero-order chi connectivity index (χ0) is 14.9. The fraction of sp³-hybridized carbons (Fsp3) is 0.875. The van der Waals surface area contributed by atoms with Gasteiger partial charge in [-0.05, 0) is 37.5 Å². The van der Waals surface area contributed by atoms with E-state index in [9.17, 15) is 9.59 Å². The van der Waals surface area contributed by atoms with Crippen molar-refractivity contribution in [2.45, 2.75) is 56.9 Å². The molecule has 1 saturated heterocycles. The lowest BCUT2D eigenvalue weighted by Crippen LogP contribution is -2.67. The minimum Gasteiger partial charge on any atom is -0.385 e. The summed E-state index contributed by atoms with van der Waals surface area (Å²) in [6, 6.07) is 0. The van der Waals surface area contributed by atoms with Crippen molar-refractivity contribution >= 4 is 11.8 Å². The molecular weight excluding hydrogens is 268 g/mol. The summed E-state index contributed by atoms with van der Waals surface area (Å²) in [6.07, 6.45) is 8.13. The Labute approximate surface area is 126 Å². The Morgan fingerprint density at radius 3 is 2.48 bits per heavy atom. The number of carbonyl (C=O) groups is 2. The Morgan fingerprint density at radius 1 is 1.14 bits per heavy atom. The van der Waals surface area contributed by atoms with Gasteiger partial charge in [0.2, 0.25) is 11.8 Å².